The summed E-state index contributed by atoms with van der Waals surface area (Å²) >= 11 is 5.94. The van der Waals surface area contributed by atoms with Crippen LogP contribution in [0.25, 0.3) is 22.2 Å². The fourth-order valence-corrected chi connectivity index (χ4v) is 6.09. The van der Waals surface area contributed by atoms with Crippen molar-refractivity contribution in [3.8, 4) is 11.3 Å². The number of esters is 1. The maximum atomic E-state index is 13.5. The standard InChI is InChI=1S/C35H29ClN2O5/c1-19-7-16-29-27(17-19)28(35(42)43-21(3)32(39)23-8-12-24(36)13-9-23)18-30(37-29)22-10-14-25(15-11-22)38-33(40)26-6-4-5-20(2)31(26)34(38)41/h4-5,7-18,20-21,26,31H,6H2,1-3H3. The van der Waals surface area contributed by atoms with Crippen LogP contribution in [0.15, 0.2) is 84.9 Å². The van der Waals surface area contributed by atoms with Crippen molar-refractivity contribution in [1.29, 1.82) is 0 Å². The van der Waals surface area contributed by atoms with Gasteiger partial charge >= 0.3 is 5.97 Å². The molecule has 1 saturated heterocycles. The Morgan fingerprint density at radius 2 is 1.70 bits per heavy atom. The highest BCUT2D eigenvalue weighted by Crippen LogP contribution is 2.40. The molecule has 8 heteroatoms. The number of carbonyl (C=O) groups is 4. The molecule has 0 saturated carbocycles. The Labute approximate surface area is 254 Å². The highest BCUT2D eigenvalue weighted by Gasteiger charge is 2.50. The Balaban J connectivity index is 1.30. The van der Waals surface area contributed by atoms with Crippen LogP contribution in [0.3, 0.4) is 0 Å². The van der Waals surface area contributed by atoms with Crippen molar-refractivity contribution in [1.82, 2.24) is 4.98 Å². The molecule has 1 aliphatic heterocycles. The molecule has 0 radical (unpaired) electrons. The lowest BCUT2D eigenvalue weighted by molar-refractivity contribution is -0.122. The number of rotatable bonds is 6. The van der Waals surface area contributed by atoms with Crippen molar-refractivity contribution in [3.05, 3.63) is 107 Å². The summed E-state index contributed by atoms with van der Waals surface area (Å²) in [5.74, 6) is -2.01. The van der Waals surface area contributed by atoms with Crippen molar-refractivity contribution >= 4 is 51.8 Å². The number of hydrogen-bond donors (Lipinski definition) is 0. The van der Waals surface area contributed by atoms with E-state index in [0.29, 0.717) is 44.9 Å². The molecule has 7 nitrogen and oxygen atoms in total. The molecule has 1 aliphatic carbocycles. The number of carbonyl (C=O) groups excluding carboxylic acids is 4. The van der Waals surface area contributed by atoms with Crippen molar-refractivity contribution in [2.24, 2.45) is 17.8 Å². The molecule has 216 valence electrons. The van der Waals surface area contributed by atoms with Crippen LogP contribution in [-0.4, -0.2) is 34.7 Å². The number of aryl methyl sites for hydroxylation is 1. The van der Waals surface area contributed by atoms with Gasteiger partial charge in [0.1, 0.15) is 0 Å². The highest BCUT2D eigenvalue weighted by molar-refractivity contribution is 6.30. The summed E-state index contributed by atoms with van der Waals surface area (Å²) in [6.07, 6.45) is 3.52. The van der Waals surface area contributed by atoms with Gasteiger partial charge in [0.25, 0.3) is 0 Å². The number of halogens is 1. The van der Waals surface area contributed by atoms with Crippen LogP contribution in [-0.2, 0) is 14.3 Å². The first kappa shape index (κ1) is 28.5. The van der Waals surface area contributed by atoms with Gasteiger partial charge in [-0.05, 0) is 80.8 Å². The minimum atomic E-state index is -1.03. The number of nitrogens with zero attached hydrogens (tertiary/aromatic N) is 2. The first-order valence-electron chi connectivity index (χ1n) is 14.2. The van der Waals surface area contributed by atoms with Crippen molar-refractivity contribution in [2.75, 3.05) is 4.90 Å². The largest absolute Gasteiger partial charge is 0.451 e. The molecule has 2 amide bonds. The van der Waals surface area contributed by atoms with E-state index in [1.165, 1.54) is 11.8 Å². The summed E-state index contributed by atoms with van der Waals surface area (Å²) in [6, 6.07) is 20.7. The maximum Gasteiger partial charge on any atom is 0.339 e. The van der Waals surface area contributed by atoms with E-state index in [9.17, 15) is 19.2 Å². The number of pyridine rings is 1. The van der Waals surface area contributed by atoms with Gasteiger partial charge in [-0.2, -0.15) is 0 Å². The second kappa shape index (κ2) is 11.2. The molecule has 1 aromatic heterocycles. The van der Waals surface area contributed by atoms with Gasteiger partial charge in [-0.3, -0.25) is 19.3 Å². The molecule has 3 aromatic carbocycles. The number of hydrogen-bond acceptors (Lipinski definition) is 6. The maximum absolute atomic E-state index is 13.5. The van der Waals surface area contributed by atoms with E-state index in [0.717, 1.165) is 5.56 Å². The average molecular weight is 593 g/mol. The first-order chi connectivity index (χ1) is 20.6. The number of aromatic nitrogens is 1. The Hall–Kier alpha value is -4.62. The van der Waals surface area contributed by atoms with Gasteiger partial charge in [0.2, 0.25) is 17.6 Å². The number of benzene rings is 3. The third-order valence-corrected chi connectivity index (χ3v) is 8.51. The smallest absolute Gasteiger partial charge is 0.339 e. The third kappa shape index (κ3) is 5.25. The van der Waals surface area contributed by atoms with E-state index < -0.39 is 12.1 Å². The second-order valence-corrected chi connectivity index (χ2v) is 11.6. The summed E-state index contributed by atoms with van der Waals surface area (Å²) in [6.45, 7) is 5.42. The molecular formula is C35H29ClN2O5. The van der Waals surface area contributed by atoms with Crippen LogP contribution in [0, 0.1) is 24.7 Å². The number of Topliss-reactive ketones (excluding diaryl/α,β-unsaturated/α-hetero) is 1. The molecule has 0 bridgehead atoms. The summed E-state index contributed by atoms with van der Waals surface area (Å²) < 4.78 is 5.65. The third-order valence-electron chi connectivity index (χ3n) is 8.26. The first-order valence-corrected chi connectivity index (χ1v) is 14.6. The zero-order chi connectivity index (χ0) is 30.4. The van der Waals surface area contributed by atoms with Gasteiger partial charge in [-0.25, -0.2) is 9.78 Å². The van der Waals surface area contributed by atoms with Crippen LogP contribution < -0.4 is 4.90 Å². The van der Waals surface area contributed by atoms with Crippen LogP contribution in [0.4, 0.5) is 5.69 Å². The van der Waals surface area contributed by atoms with Crippen molar-refractivity contribution in [2.45, 2.75) is 33.3 Å². The number of fused-ring (bicyclic) bond motifs is 2. The summed E-state index contributed by atoms with van der Waals surface area (Å²) in [5, 5.41) is 1.11. The number of imide groups is 1. The molecule has 2 aliphatic rings. The minimum Gasteiger partial charge on any atom is -0.451 e. The molecule has 4 atom stereocenters. The van der Waals surface area contributed by atoms with Crippen LogP contribution in [0.5, 0.6) is 0 Å². The monoisotopic (exact) mass is 592 g/mol. The van der Waals surface area contributed by atoms with Gasteiger partial charge in [0.15, 0.2) is 6.10 Å². The van der Waals surface area contributed by atoms with Gasteiger partial charge in [0, 0.05) is 21.5 Å². The number of amides is 2. The van der Waals surface area contributed by atoms with Crippen molar-refractivity contribution < 1.29 is 23.9 Å². The fraction of sp³-hybridized carbons (Fsp3) is 0.229. The molecule has 2 heterocycles. The molecular weight excluding hydrogens is 564 g/mol. The van der Waals surface area contributed by atoms with Gasteiger partial charge in [-0.1, -0.05) is 54.4 Å². The lowest BCUT2D eigenvalue weighted by Gasteiger charge is -2.22. The molecule has 0 N–H and O–H groups in total. The molecule has 43 heavy (non-hydrogen) atoms. The van der Waals surface area contributed by atoms with Gasteiger partial charge in [0.05, 0.1) is 34.3 Å². The van der Waals surface area contributed by atoms with E-state index >= 15 is 0 Å². The SMILES string of the molecule is Cc1ccc2nc(-c3ccc(N4C(=O)C5CC=CC(C)C5C4=O)cc3)cc(C(=O)OC(C)C(=O)c3ccc(Cl)cc3)c2c1. The second-order valence-electron chi connectivity index (χ2n) is 11.2. The number of allylic oxidation sites excluding steroid dienone is 2. The molecule has 0 spiro atoms. The fourth-order valence-electron chi connectivity index (χ4n) is 5.97. The van der Waals surface area contributed by atoms with Crippen LogP contribution in [0.1, 0.15) is 46.5 Å². The van der Waals surface area contributed by atoms with Gasteiger partial charge < -0.3 is 4.74 Å². The predicted octanol–water partition coefficient (Wildman–Crippen LogP) is 6.99. The summed E-state index contributed by atoms with van der Waals surface area (Å²) in [7, 11) is 0. The van der Waals surface area contributed by atoms with E-state index in [4.69, 9.17) is 21.3 Å². The van der Waals surface area contributed by atoms with Crippen LogP contribution >= 0.6 is 11.6 Å². The quantitative estimate of drug-likeness (QED) is 0.104. The number of ketones is 1. The normalized spacial score (nSPS) is 20.3. The van der Waals surface area contributed by atoms with E-state index in [1.54, 1.807) is 54.6 Å². The Morgan fingerprint density at radius 3 is 2.40 bits per heavy atom. The Morgan fingerprint density at radius 1 is 0.977 bits per heavy atom. The Kier molecular flexibility index (Phi) is 7.44. The molecule has 6 rings (SSSR count). The molecule has 4 unspecified atom stereocenters. The average Bonchev–Trinajstić information content (AvgIpc) is 3.26. The van der Waals surface area contributed by atoms with Crippen LogP contribution in [0.2, 0.25) is 5.02 Å². The molecule has 1 fully saturated rings. The van der Waals surface area contributed by atoms with E-state index in [1.807, 2.05) is 44.2 Å². The number of anilines is 1. The molecule has 4 aromatic rings. The summed E-state index contributed by atoms with van der Waals surface area (Å²) in [5.41, 5.74) is 3.90. The highest BCUT2D eigenvalue weighted by atomic mass is 35.5. The topological polar surface area (TPSA) is 93.6 Å². The van der Waals surface area contributed by atoms with E-state index in [-0.39, 0.29) is 40.9 Å². The zero-order valence-corrected chi connectivity index (χ0v) is 24.7. The van der Waals surface area contributed by atoms with Gasteiger partial charge in [-0.15, -0.1) is 0 Å². The summed E-state index contributed by atoms with van der Waals surface area (Å²) in [4.78, 5) is 58.9. The zero-order valence-electron chi connectivity index (χ0n) is 23.9. The van der Waals surface area contributed by atoms with Crippen molar-refractivity contribution in [3.63, 3.8) is 0 Å². The lowest BCUT2D eigenvalue weighted by Crippen LogP contribution is -2.31. The van der Waals surface area contributed by atoms with E-state index in [2.05, 4.69) is 0 Å². The Bertz CT molecular complexity index is 1810. The minimum absolute atomic E-state index is 0.00675. The predicted molar refractivity (Wildman–Crippen MR) is 165 cm³/mol. The number of ether oxygens (including phenoxy) is 1. The lowest BCUT2D eigenvalue weighted by atomic mass is 9.78.